The fourth-order valence-electron chi connectivity index (χ4n) is 3.86. The van der Waals surface area contributed by atoms with E-state index in [1.165, 1.54) is 19.2 Å². The predicted octanol–water partition coefficient (Wildman–Crippen LogP) is 5.05. The molecule has 0 bridgehead atoms. The van der Waals surface area contributed by atoms with Crippen LogP contribution in [0.2, 0.25) is 0 Å². The quantitative estimate of drug-likeness (QED) is 0.341. The molecular weight excluding hydrogens is 435 g/mol. The van der Waals surface area contributed by atoms with Crippen LogP contribution in [0.25, 0.3) is 5.76 Å². The van der Waals surface area contributed by atoms with Crippen LogP contribution in [-0.4, -0.2) is 23.9 Å². The third kappa shape index (κ3) is 3.84. The molecule has 1 saturated heterocycles. The van der Waals surface area contributed by atoms with Gasteiger partial charge in [-0.1, -0.05) is 23.8 Å². The van der Waals surface area contributed by atoms with Gasteiger partial charge in [0.1, 0.15) is 29.0 Å². The summed E-state index contributed by atoms with van der Waals surface area (Å²) in [6.07, 6.45) is 0. The first-order chi connectivity index (χ1) is 15.7. The number of methoxy groups -OCH3 is 1. The standard InChI is InChI=1S/C25H18F3NO4/c1-13-3-10-20(33-2)17(11-13)23(30)21-22(14-4-6-15(26)7-5-14)29(25(32)24(21)31)19-12-16(27)8-9-18(19)28/h3-12,22,30H,1-2H3/b23-21+. The summed E-state index contributed by atoms with van der Waals surface area (Å²) < 4.78 is 47.5. The van der Waals surface area contributed by atoms with Crippen LogP contribution in [0.5, 0.6) is 5.75 Å². The van der Waals surface area contributed by atoms with E-state index in [0.29, 0.717) is 0 Å². The van der Waals surface area contributed by atoms with E-state index in [-0.39, 0.29) is 22.4 Å². The summed E-state index contributed by atoms with van der Waals surface area (Å²) in [5, 5.41) is 11.2. The number of benzene rings is 3. The summed E-state index contributed by atoms with van der Waals surface area (Å²) in [6.45, 7) is 1.76. The molecule has 1 fully saturated rings. The van der Waals surface area contributed by atoms with Crippen molar-refractivity contribution >= 4 is 23.1 Å². The normalized spacial score (nSPS) is 17.5. The first kappa shape index (κ1) is 22.1. The number of hydrogen-bond donors (Lipinski definition) is 1. The molecule has 3 aromatic rings. The number of nitrogens with zero attached hydrogens (tertiary/aromatic N) is 1. The Morgan fingerprint density at radius 1 is 0.939 bits per heavy atom. The first-order valence-corrected chi connectivity index (χ1v) is 9.89. The van der Waals surface area contributed by atoms with E-state index >= 15 is 0 Å². The molecule has 0 radical (unpaired) electrons. The Hall–Kier alpha value is -4.07. The molecule has 0 spiro atoms. The number of aliphatic hydroxyl groups is 1. The van der Waals surface area contributed by atoms with Crippen LogP contribution in [0.1, 0.15) is 22.7 Å². The molecule has 0 saturated carbocycles. The molecule has 1 aliphatic heterocycles. The summed E-state index contributed by atoms with van der Waals surface area (Å²) >= 11 is 0. The molecule has 8 heteroatoms. The maximum Gasteiger partial charge on any atom is 0.300 e. The molecule has 3 aromatic carbocycles. The van der Waals surface area contributed by atoms with Crippen molar-refractivity contribution in [1.29, 1.82) is 0 Å². The minimum absolute atomic E-state index is 0.141. The van der Waals surface area contributed by atoms with E-state index in [2.05, 4.69) is 0 Å². The lowest BCUT2D eigenvalue weighted by Gasteiger charge is -2.26. The summed E-state index contributed by atoms with van der Waals surface area (Å²) in [6, 6.07) is 10.8. The van der Waals surface area contributed by atoms with E-state index < -0.39 is 46.6 Å². The second kappa shape index (κ2) is 8.46. The molecule has 1 unspecified atom stereocenters. The summed E-state index contributed by atoms with van der Waals surface area (Å²) in [5.74, 6) is -4.93. The van der Waals surface area contributed by atoms with Gasteiger partial charge in [-0.05, 0) is 48.9 Å². The fourth-order valence-corrected chi connectivity index (χ4v) is 3.86. The molecule has 1 heterocycles. The van der Waals surface area contributed by atoms with Crippen LogP contribution in [0.4, 0.5) is 18.9 Å². The topological polar surface area (TPSA) is 66.8 Å². The molecule has 1 N–H and O–H groups in total. The number of amides is 1. The third-order valence-electron chi connectivity index (χ3n) is 5.41. The number of carbonyl (C=O) groups excluding carboxylic acids is 2. The average Bonchev–Trinajstić information content (AvgIpc) is 3.06. The Balaban J connectivity index is 2.02. The molecular formula is C25H18F3NO4. The van der Waals surface area contributed by atoms with Crippen LogP contribution in [0.15, 0.2) is 66.2 Å². The maximum absolute atomic E-state index is 14.7. The second-order valence-electron chi connectivity index (χ2n) is 7.52. The highest BCUT2D eigenvalue weighted by Gasteiger charge is 2.48. The van der Waals surface area contributed by atoms with Gasteiger partial charge in [-0.15, -0.1) is 0 Å². The number of hydrogen-bond acceptors (Lipinski definition) is 4. The summed E-state index contributed by atoms with van der Waals surface area (Å²) in [4.78, 5) is 26.9. The Morgan fingerprint density at radius 3 is 2.27 bits per heavy atom. The number of aliphatic hydroxyl groups excluding tert-OH is 1. The Labute approximate surface area is 187 Å². The van der Waals surface area contributed by atoms with Crippen molar-refractivity contribution in [1.82, 2.24) is 0 Å². The smallest absolute Gasteiger partial charge is 0.300 e. The van der Waals surface area contributed by atoms with E-state index in [4.69, 9.17) is 4.74 Å². The van der Waals surface area contributed by atoms with Crippen molar-refractivity contribution in [2.75, 3.05) is 12.0 Å². The van der Waals surface area contributed by atoms with Crippen molar-refractivity contribution < 1.29 is 32.6 Å². The summed E-state index contributed by atoms with van der Waals surface area (Å²) in [5.41, 5.74) is 0.247. The van der Waals surface area contributed by atoms with Gasteiger partial charge in [0.15, 0.2) is 0 Å². The van der Waals surface area contributed by atoms with Crippen LogP contribution in [0, 0.1) is 24.4 Å². The van der Waals surface area contributed by atoms with Gasteiger partial charge in [0.2, 0.25) is 0 Å². The van der Waals surface area contributed by atoms with Gasteiger partial charge >= 0.3 is 0 Å². The van der Waals surface area contributed by atoms with Gasteiger partial charge in [0.25, 0.3) is 11.7 Å². The molecule has 1 amide bonds. The van der Waals surface area contributed by atoms with Crippen LogP contribution in [-0.2, 0) is 9.59 Å². The lowest BCUT2D eigenvalue weighted by molar-refractivity contribution is -0.132. The fraction of sp³-hybridized carbons (Fsp3) is 0.120. The first-order valence-electron chi connectivity index (χ1n) is 9.89. The van der Waals surface area contributed by atoms with Gasteiger partial charge < -0.3 is 9.84 Å². The van der Waals surface area contributed by atoms with Crippen molar-refractivity contribution in [3.8, 4) is 5.75 Å². The number of anilines is 1. The van der Waals surface area contributed by atoms with Gasteiger partial charge in [-0.25, -0.2) is 13.2 Å². The van der Waals surface area contributed by atoms with E-state index in [1.807, 2.05) is 0 Å². The number of ether oxygens (including phenoxy) is 1. The number of rotatable bonds is 4. The van der Waals surface area contributed by atoms with Crippen molar-refractivity contribution in [3.05, 3.63) is 100 Å². The lowest BCUT2D eigenvalue weighted by atomic mass is 9.94. The van der Waals surface area contributed by atoms with E-state index in [0.717, 1.165) is 40.8 Å². The summed E-state index contributed by atoms with van der Waals surface area (Å²) in [7, 11) is 1.37. The van der Waals surface area contributed by atoms with Gasteiger partial charge in [0, 0.05) is 6.07 Å². The molecule has 0 aliphatic carbocycles. The van der Waals surface area contributed by atoms with E-state index in [1.54, 1.807) is 25.1 Å². The predicted molar refractivity (Wildman–Crippen MR) is 115 cm³/mol. The zero-order valence-corrected chi connectivity index (χ0v) is 17.6. The van der Waals surface area contributed by atoms with Crippen LogP contribution < -0.4 is 9.64 Å². The van der Waals surface area contributed by atoms with Gasteiger partial charge in [-0.2, -0.15) is 0 Å². The molecule has 1 atom stereocenters. The lowest BCUT2D eigenvalue weighted by Crippen LogP contribution is -2.30. The largest absolute Gasteiger partial charge is 0.507 e. The monoisotopic (exact) mass is 453 g/mol. The minimum atomic E-state index is -1.34. The molecule has 168 valence electrons. The Bertz CT molecular complexity index is 1300. The zero-order valence-electron chi connectivity index (χ0n) is 17.6. The van der Waals surface area contributed by atoms with E-state index in [9.17, 15) is 27.9 Å². The van der Waals surface area contributed by atoms with Crippen LogP contribution >= 0.6 is 0 Å². The Kier molecular flexibility index (Phi) is 5.68. The second-order valence-corrected chi connectivity index (χ2v) is 7.52. The van der Waals surface area contributed by atoms with Crippen molar-refractivity contribution in [2.24, 2.45) is 0 Å². The maximum atomic E-state index is 14.7. The number of aryl methyl sites for hydroxylation is 1. The van der Waals surface area contributed by atoms with Crippen molar-refractivity contribution in [2.45, 2.75) is 13.0 Å². The zero-order chi connectivity index (χ0) is 23.9. The molecule has 1 aliphatic rings. The van der Waals surface area contributed by atoms with Crippen LogP contribution in [0.3, 0.4) is 0 Å². The highest BCUT2D eigenvalue weighted by atomic mass is 19.1. The number of Topliss-reactive ketones (excluding diaryl/α,β-unsaturated/α-hetero) is 1. The van der Waals surface area contributed by atoms with Crippen molar-refractivity contribution in [3.63, 3.8) is 0 Å². The third-order valence-corrected chi connectivity index (χ3v) is 5.41. The SMILES string of the molecule is COc1ccc(C)cc1/C(O)=C1\C(=O)C(=O)N(c2cc(F)ccc2F)C1c1ccc(F)cc1. The number of halogens is 3. The van der Waals surface area contributed by atoms with Gasteiger partial charge in [0.05, 0.1) is 30.0 Å². The number of ketones is 1. The highest BCUT2D eigenvalue weighted by Crippen LogP contribution is 2.44. The molecule has 33 heavy (non-hydrogen) atoms. The number of carbonyl (C=O) groups is 2. The minimum Gasteiger partial charge on any atom is -0.507 e. The molecule has 0 aromatic heterocycles. The average molecular weight is 453 g/mol. The molecule has 5 nitrogen and oxygen atoms in total. The van der Waals surface area contributed by atoms with Gasteiger partial charge in [-0.3, -0.25) is 14.5 Å². The highest BCUT2D eigenvalue weighted by molar-refractivity contribution is 6.51. The Morgan fingerprint density at radius 2 is 1.61 bits per heavy atom. The molecule has 4 rings (SSSR count).